The van der Waals surface area contributed by atoms with Crippen LogP contribution in [0, 0.1) is 0 Å². The molecule has 0 aromatic carbocycles. The lowest BCUT2D eigenvalue weighted by Crippen LogP contribution is -2.46. The number of hydrogen-bond acceptors (Lipinski definition) is 11. The van der Waals surface area contributed by atoms with Gasteiger partial charge in [0.2, 0.25) is 5.91 Å². The Morgan fingerprint density at radius 2 is 1.26 bits per heavy atom. The Balaban J connectivity index is 3.70. The van der Waals surface area contributed by atoms with Gasteiger partial charge >= 0.3 is 17.9 Å². The molecule has 0 heterocycles. The van der Waals surface area contributed by atoms with Crippen LogP contribution < -0.4 is 5.32 Å². The highest BCUT2D eigenvalue weighted by Gasteiger charge is 2.28. The van der Waals surface area contributed by atoms with Crippen molar-refractivity contribution in [2.45, 2.75) is 38.6 Å². The summed E-state index contributed by atoms with van der Waals surface area (Å²) < 4.78 is 21.4. The number of carboxylic acid groups (broad SMARTS) is 3. The molecule has 0 bridgehead atoms. The summed E-state index contributed by atoms with van der Waals surface area (Å²) in [7, 11) is 0. The van der Waals surface area contributed by atoms with E-state index in [1.165, 1.54) is 18.7 Å². The van der Waals surface area contributed by atoms with Crippen molar-refractivity contribution in [3.05, 3.63) is 0 Å². The Labute approximate surface area is 226 Å². The third-order valence-electron chi connectivity index (χ3n) is 4.75. The Morgan fingerprint density at radius 1 is 0.763 bits per heavy atom. The maximum absolute atomic E-state index is 11.8. The van der Waals surface area contributed by atoms with Crippen LogP contribution in [0.1, 0.15) is 32.6 Å². The third kappa shape index (κ3) is 22.9. The van der Waals surface area contributed by atoms with Gasteiger partial charge in [-0.05, 0) is 19.3 Å². The highest BCUT2D eigenvalue weighted by molar-refractivity contribution is 8.13. The third-order valence-corrected chi connectivity index (χ3v) is 5.53. The van der Waals surface area contributed by atoms with Crippen molar-refractivity contribution in [2.75, 3.05) is 78.2 Å². The van der Waals surface area contributed by atoms with E-state index < -0.39 is 37.0 Å². The van der Waals surface area contributed by atoms with Gasteiger partial charge in [-0.1, -0.05) is 11.8 Å². The van der Waals surface area contributed by atoms with Crippen LogP contribution in [0.5, 0.6) is 0 Å². The average Bonchev–Trinajstić information content (AvgIpc) is 2.82. The lowest BCUT2D eigenvalue weighted by molar-refractivity contribution is -0.149. The second-order valence-electron chi connectivity index (χ2n) is 7.93. The molecule has 0 aliphatic rings. The largest absolute Gasteiger partial charge is 0.480 e. The second-order valence-corrected chi connectivity index (χ2v) is 9.20. The average molecular weight is 569 g/mol. The smallest absolute Gasteiger partial charge is 0.320 e. The maximum Gasteiger partial charge on any atom is 0.320 e. The minimum Gasteiger partial charge on any atom is -0.480 e. The van der Waals surface area contributed by atoms with Gasteiger partial charge in [0, 0.05) is 25.6 Å². The Hall–Kier alpha value is -2.30. The lowest BCUT2D eigenvalue weighted by Gasteiger charge is -2.25. The molecule has 0 unspecified atom stereocenters. The number of carbonyl (C=O) groups is 5. The standard InChI is InChI=1S/C23H40N2O12S/c1-18(26)38-15-14-37-13-12-36-11-10-35-9-8-34-7-5-20(27)24-6-3-2-4-19(23(32)33)25(16-21(28)29)17-22(30)31/h19H,2-17H2,1H3,(H,24,27)(H,28,29)(H,30,31)(H,32,33)/t19-/m0/s1. The van der Waals surface area contributed by atoms with Crippen LogP contribution in [0.15, 0.2) is 0 Å². The van der Waals surface area contributed by atoms with E-state index in [0.717, 1.165) is 4.90 Å². The number of thioether (sulfide) groups is 1. The highest BCUT2D eigenvalue weighted by atomic mass is 32.2. The summed E-state index contributed by atoms with van der Waals surface area (Å²) in [5.74, 6) is -3.53. The van der Waals surface area contributed by atoms with Crippen molar-refractivity contribution in [3.63, 3.8) is 0 Å². The normalized spacial score (nSPS) is 11.8. The minimum atomic E-state index is -1.32. The van der Waals surface area contributed by atoms with Gasteiger partial charge < -0.3 is 39.6 Å². The summed E-state index contributed by atoms with van der Waals surface area (Å²) in [5, 5.41) is 29.9. The number of rotatable bonds is 26. The van der Waals surface area contributed by atoms with Gasteiger partial charge in [-0.3, -0.25) is 28.9 Å². The summed E-state index contributed by atoms with van der Waals surface area (Å²) in [6.45, 7) is 3.52. The minimum absolute atomic E-state index is 0.0507. The first-order valence-electron chi connectivity index (χ1n) is 12.2. The van der Waals surface area contributed by atoms with Crippen LogP contribution in [0.3, 0.4) is 0 Å². The molecule has 0 aromatic rings. The fourth-order valence-corrected chi connectivity index (χ4v) is 3.52. The predicted molar refractivity (Wildman–Crippen MR) is 136 cm³/mol. The zero-order valence-electron chi connectivity index (χ0n) is 21.8. The second kappa shape index (κ2) is 23.8. The fourth-order valence-electron chi connectivity index (χ4n) is 3.04. The quantitative estimate of drug-likeness (QED) is 0.101. The molecule has 1 amide bonds. The molecule has 0 aliphatic carbocycles. The van der Waals surface area contributed by atoms with E-state index in [4.69, 9.17) is 29.2 Å². The van der Waals surface area contributed by atoms with Crippen molar-refractivity contribution < 1.29 is 58.2 Å². The van der Waals surface area contributed by atoms with Crippen LogP contribution >= 0.6 is 11.8 Å². The van der Waals surface area contributed by atoms with E-state index >= 15 is 0 Å². The van der Waals surface area contributed by atoms with Crippen LogP contribution in [0.25, 0.3) is 0 Å². The first kappa shape index (κ1) is 35.7. The lowest BCUT2D eigenvalue weighted by atomic mass is 10.1. The summed E-state index contributed by atoms with van der Waals surface area (Å²) in [6, 6.07) is -1.25. The molecule has 0 radical (unpaired) electrons. The van der Waals surface area contributed by atoms with Gasteiger partial charge in [0.15, 0.2) is 5.12 Å². The Bertz CT molecular complexity index is 694. The molecule has 220 valence electrons. The predicted octanol–water partition coefficient (Wildman–Crippen LogP) is -0.0665. The van der Waals surface area contributed by atoms with E-state index in [-0.39, 0.29) is 30.5 Å². The van der Waals surface area contributed by atoms with Gasteiger partial charge in [-0.25, -0.2) is 0 Å². The molecule has 0 spiro atoms. The Morgan fingerprint density at radius 3 is 1.74 bits per heavy atom. The van der Waals surface area contributed by atoms with E-state index in [2.05, 4.69) is 5.32 Å². The van der Waals surface area contributed by atoms with Crippen molar-refractivity contribution in [1.82, 2.24) is 10.2 Å². The van der Waals surface area contributed by atoms with E-state index in [9.17, 15) is 29.1 Å². The van der Waals surface area contributed by atoms with Crippen LogP contribution in [-0.2, 0) is 42.9 Å². The number of aliphatic carboxylic acids is 3. The molecule has 38 heavy (non-hydrogen) atoms. The number of unbranched alkanes of at least 4 members (excludes halogenated alkanes) is 1. The van der Waals surface area contributed by atoms with E-state index in [1.54, 1.807) is 0 Å². The van der Waals surface area contributed by atoms with E-state index in [0.29, 0.717) is 71.4 Å². The van der Waals surface area contributed by atoms with E-state index in [1.807, 2.05) is 0 Å². The van der Waals surface area contributed by atoms with Gasteiger partial charge in [-0.15, -0.1) is 0 Å². The van der Waals surface area contributed by atoms with Gasteiger partial charge in [-0.2, -0.15) is 0 Å². The molecule has 14 nitrogen and oxygen atoms in total. The number of carboxylic acids is 3. The first-order valence-corrected chi connectivity index (χ1v) is 13.2. The number of ether oxygens (including phenoxy) is 4. The maximum atomic E-state index is 11.8. The van der Waals surface area contributed by atoms with Gasteiger partial charge in [0.25, 0.3) is 0 Å². The van der Waals surface area contributed by atoms with Crippen LogP contribution in [-0.4, -0.2) is 133 Å². The van der Waals surface area contributed by atoms with Crippen molar-refractivity contribution in [3.8, 4) is 0 Å². The molecule has 0 aliphatic heterocycles. The number of amides is 1. The molecular weight excluding hydrogens is 528 g/mol. The molecule has 15 heteroatoms. The van der Waals surface area contributed by atoms with Crippen LogP contribution in [0.4, 0.5) is 0 Å². The van der Waals surface area contributed by atoms with Crippen molar-refractivity contribution >= 4 is 40.7 Å². The molecule has 0 fully saturated rings. The molecular formula is C23H40N2O12S. The SMILES string of the molecule is CC(=O)SCCOCCOCCOCCOCCC(=O)NCCCC[C@@H](C(=O)O)N(CC(=O)O)CC(=O)O. The molecule has 0 saturated heterocycles. The number of carbonyl (C=O) groups excluding carboxylic acids is 2. The summed E-state index contributed by atoms with van der Waals surface area (Å²) in [4.78, 5) is 56.8. The molecule has 4 N–H and O–H groups in total. The highest BCUT2D eigenvalue weighted by Crippen LogP contribution is 2.10. The fraction of sp³-hybridized carbons (Fsp3) is 0.783. The number of hydrogen-bond donors (Lipinski definition) is 4. The molecule has 0 aromatic heterocycles. The van der Waals surface area contributed by atoms with Gasteiger partial charge in [0.1, 0.15) is 6.04 Å². The molecule has 0 saturated carbocycles. The number of nitrogens with zero attached hydrogens (tertiary/aromatic N) is 1. The zero-order valence-corrected chi connectivity index (χ0v) is 22.6. The van der Waals surface area contributed by atoms with Gasteiger partial charge in [0.05, 0.1) is 65.9 Å². The van der Waals surface area contributed by atoms with Crippen molar-refractivity contribution in [2.24, 2.45) is 0 Å². The summed E-state index contributed by atoms with van der Waals surface area (Å²) >= 11 is 1.22. The zero-order chi connectivity index (χ0) is 28.6. The topological polar surface area (TPSA) is 198 Å². The monoisotopic (exact) mass is 568 g/mol. The first-order chi connectivity index (χ1) is 18.1. The van der Waals surface area contributed by atoms with Crippen molar-refractivity contribution in [1.29, 1.82) is 0 Å². The summed E-state index contributed by atoms with van der Waals surface area (Å²) in [5.41, 5.74) is 0. The number of nitrogens with one attached hydrogen (secondary N) is 1. The van der Waals surface area contributed by atoms with Crippen LogP contribution in [0.2, 0.25) is 0 Å². The summed E-state index contributed by atoms with van der Waals surface area (Å²) in [6.07, 6.45) is 1.01. The molecule has 0 rings (SSSR count). The Kier molecular flexibility index (Phi) is 22.4. The molecule has 1 atom stereocenters.